The van der Waals surface area contributed by atoms with E-state index in [1.807, 2.05) is 18.5 Å². The normalized spacial score (nSPS) is 11.3. The van der Waals surface area contributed by atoms with Gasteiger partial charge in [-0.2, -0.15) is 0 Å². The topological polar surface area (TPSA) is 58.3 Å². The van der Waals surface area contributed by atoms with Crippen LogP contribution in [0.3, 0.4) is 0 Å². The second-order valence-corrected chi connectivity index (χ2v) is 8.43. The number of nitrogens with one attached hydrogen (secondary N) is 1. The molecule has 0 amide bonds. The van der Waals surface area contributed by atoms with Gasteiger partial charge in [0, 0.05) is 36.9 Å². The van der Waals surface area contributed by atoms with Crippen molar-refractivity contribution in [2.75, 3.05) is 20.1 Å². The third-order valence-electron chi connectivity index (χ3n) is 4.42. The molecule has 9 heteroatoms. The van der Waals surface area contributed by atoms with E-state index in [9.17, 15) is 0 Å². The Morgan fingerprint density at radius 2 is 1.82 bits per heavy atom. The fraction of sp³-hybridized carbons (Fsp3) is 0.421. The molecule has 0 unspecified atom stereocenters. The fourth-order valence-corrected chi connectivity index (χ4v) is 4.04. The molecule has 6 nitrogen and oxygen atoms in total. The highest BCUT2D eigenvalue weighted by Crippen LogP contribution is 2.10. The minimum Gasteiger partial charge on any atom is -0.356 e. The van der Waals surface area contributed by atoms with Crippen molar-refractivity contribution in [3.63, 3.8) is 0 Å². The van der Waals surface area contributed by atoms with Gasteiger partial charge in [0.2, 0.25) is 0 Å². The monoisotopic (exact) mass is 530 g/mol. The number of halogens is 1. The number of hydrogen-bond donors (Lipinski definition) is 1. The lowest BCUT2D eigenvalue weighted by Crippen LogP contribution is -2.40. The summed E-state index contributed by atoms with van der Waals surface area (Å²) in [6, 6.07) is 8.55. The van der Waals surface area contributed by atoms with E-state index >= 15 is 0 Å². The van der Waals surface area contributed by atoms with Crippen molar-refractivity contribution in [1.29, 1.82) is 0 Å². The van der Waals surface area contributed by atoms with Crippen LogP contribution in [-0.4, -0.2) is 45.8 Å². The van der Waals surface area contributed by atoms with Crippen molar-refractivity contribution < 1.29 is 0 Å². The molecule has 0 spiro atoms. The number of rotatable bonds is 8. The van der Waals surface area contributed by atoms with Crippen LogP contribution in [0.25, 0.3) is 0 Å². The molecule has 152 valence electrons. The molecule has 3 aromatic rings. The van der Waals surface area contributed by atoms with E-state index in [1.165, 1.54) is 9.75 Å². The van der Waals surface area contributed by atoms with Gasteiger partial charge in [0.25, 0.3) is 0 Å². The van der Waals surface area contributed by atoms with Gasteiger partial charge in [0.1, 0.15) is 12.4 Å². The van der Waals surface area contributed by atoms with E-state index in [1.54, 1.807) is 22.7 Å². The fourth-order valence-electron chi connectivity index (χ4n) is 2.64. The molecule has 0 saturated carbocycles. The Morgan fingerprint density at radius 1 is 1.14 bits per heavy atom. The third-order valence-corrected chi connectivity index (χ3v) is 6.30. The quantitative estimate of drug-likeness (QED) is 0.274. The van der Waals surface area contributed by atoms with E-state index < -0.39 is 0 Å². The summed E-state index contributed by atoms with van der Waals surface area (Å²) in [7, 11) is 4.07. The molecule has 0 saturated heterocycles. The number of aromatic nitrogens is 3. The Kier molecular flexibility index (Phi) is 9.39. The minimum absolute atomic E-state index is 0. The average Bonchev–Trinajstić information content (AvgIpc) is 3.42. The van der Waals surface area contributed by atoms with Gasteiger partial charge in [0.15, 0.2) is 11.8 Å². The van der Waals surface area contributed by atoms with E-state index in [-0.39, 0.29) is 24.0 Å². The number of likely N-dealkylation sites (N-methyl/N-ethyl adjacent to an activating group) is 1. The second-order valence-electron chi connectivity index (χ2n) is 6.37. The van der Waals surface area contributed by atoms with Crippen LogP contribution in [0.1, 0.15) is 21.4 Å². The van der Waals surface area contributed by atoms with Gasteiger partial charge < -0.3 is 14.8 Å². The van der Waals surface area contributed by atoms with Gasteiger partial charge >= 0.3 is 0 Å². The average molecular weight is 531 g/mol. The Labute approximate surface area is 191 Å². The summed E-state index contributed by atoms with van der Waals surface area (Å²) in [5, 5.41) is 16.1. The zero-order chi connectivity index (χ0) is 19.1. The summed E-state index contributed by atoms with van der Waals surface area (Å²) in [6.07, 6.45) is 2.02. The highest BCUT2D eigenvalue weighted by Gasteiger charge is 2.09. The highest BCUT2D eigenvalue weighted by atomic mass is 127. The van der Waals surface area contributed by atoms with Crippen molar-refractivity contribution in [2.24, 2.45) is 12.0 Å². The van der Waals surface area contributed by atoms with E-state index in [0.29, 0.717) is 6.54 Å². The smallest absolute Gasteiger partial charge is 0.194 e. The zero-order valence-corrected chi connectivity index (χ0v) is 20.4. The molecule has 0 aliphatic carbocycles. The van der Waals surface area contributed by atoms with Crippen LogP contribution in [0.4, 0.5) is 0 Å². The standard InChI is InChI=1S/C19H26N6S2.HI/c1-15-22-23-18(25(15)3)14-21-19(20-10-8-16-6-4-12-26-16)24(2)11-9-17-7-5-13-27-17;/h4-7,12-13H,8-11,14H2,1-3H3,(H,20,21);1H. The molecule has 0 aliphatic heterocycles. The first-order valence-corrected chi connectivity index (χ1v) is 10.8. The molecule has 28 heavy (non-hydrogen) atoms. The van der Waals surface area contributed by atoms with Crippen molar-refractivity contribution >= 4 is 52.6 Å². The maximum absolute atomic E-state index is 4.80. The molecule has 0 fully saturated rings. The summed E-state index contributed by atoms with van der Waals surface area (Å²) in [5.74, 6) is 2.68. The van der Waals surface area contributed by atoms with E-state index in [2.05, 4.69) is 62.5 Å². The van der Waals surface area contributed by atoms with Crippen LogP contribution in [0.15, 0.2) is 40.0 Å². The summed E-state index contributed by atoms with van der Waals surface area (Å²) >= 11 is 3.59. The number of aryl methyl sites for hydroxylation is 1. The lowest BCUT2D eigenvalue weighted by molar-refractivity contribution is 0.484. The number of nitrogens with zero attached hydrogens (tertiary/aromatic N) is 5. The summed E-state index contributed by atoms with van der Waals surface area (Å²) in [4.78, 5) is 9.77. The SMILES string of the molecule is Cc1nnc(CN=C(NCCc2cccs2)N(C)CCc2cccs2)n1C.I. The van der Waals surface area contributed by atoms with Crippen molar-refractivity contribution in [3.8, 4) is 0 Å². The van der Waals surface area contributed by atoms with Crippen LogP contribution in [0, 0.1) is 6.92 Å². The number of hydrogen-bond acceptors (Lipinski definition) is 5. The highest BCUT2D eigenvalue weighted by molar-refractivity contribution is 14.0. The van der Waals surface area contributed by atoms with Crippen LogP contribution in [-0.2, 0) is 26.4 Å². The third kappa shape index (κ3) is 6.56. The number of thiophene rings is 2. The molecule has 0 radical (unpaired) electrons. The molecular formula is C19H27IN6S2. The van der Waals surface area contributed by atoms with Crippen molar-refractivity contribution in [1.82, 2.24) is 25.0 Å². The molecular weight excluding hydrogens is 503 g/mol. The maximum atomic E-state index is 4.80. The number of aliphatic imine (C=N–C) groups is 1. The molecule has 0 atom stereocenters. The predicted molar refractivity (Wildman–Crippen MR) is 129 cm³/mol. The molecule has 0 aromatic carbocycles. The van der Waals surface area contributed by atoms with Gasteiger partial charge in [-0.1, -0.05) is 12.1 Å². The summed E-state index contributed by atoms with van der Waals surface area (Å²) < 4.78 is 1.98. The van der Waals surface area contributed by atoms with Gasteiger partial charge in [-0.05, 0) is 42.7 Å². The maximum Gasteiger partial charge on any atom is 0.194 e. The first-order valence-electron chi connectivity index (χ1n) is 9.02. The lowest BCUT2D eigenvalue weighted by Gasteiger charge is -2.22. The van der Waals surface area contributed by atoms with E-state index in [0.717, 1.165) is 43.5 Å². The van der Waals surface area contributed by atoms with Crippen molar-refractivity contribution in [2.45, 2.75) is 26.3 Å². The minimum atomic E-state index is 0. The first kappa shape index (κ1) is 22.8. The predicted octanol–water partition coefficient (Wildman–Crippen LogP) is 3.73. The Balaban J connectivity index is 0.00000280. The van der Waals surface area contributed by atoms with Gasteiger partial charge in [0.05, 0.1) is 0 Å². The number of guanidine groups is 1. The largest absolute Gasteiger partial charge is 0.356 e. The first-order chi connectivity index (χ1) is 13.1. The van der Waals surface area contributed by atoms with Gasteiger partial charge in [-0.3, -0.25) is 0 Å². The van der Waals surface area contributed by atoms with E-state index in [4.69, 9.17) is 4.99 Å². The molecule has 0 bridgehead atoms. The molecule has 1 N–H and O–H groups in total. The van der Waals surface area contributed by atoms with Crippen LogP contribution >= 0.6 is 46.7 Å². The second kappa shape index (κ2) is 11.5. The summed E-state index contributed by atoms with van der Waals surface area (Å²) in [5.41, 5.74) is 0. The van der Waals surface area contributed by atoms with Crippen molar-refractivity contribution in [3.05, 3.63) is 56.4 Å². The van der Waals surface area contributed by atoms with Crippen LogP contribution in [0.5, 0.6) is 0 Å². The van der Waals surface area contributed by atoms with Crippen LogP contribution in [0.2, 0.25) is 0 Å². The van der Waals surface area contributed by atoms with Crippen LogP contribution < -0.4 is 5.32 Å². The summed E-state index contributed by atoms with van der Waals surface area (Å²) in [6.45, 7) is 4.25. The lowest BCUT2D eigenvalue weighted by atomic mass is 10.3. The van der Waals surface area contributed by atoms with Gasteiger partial charge in [-0.25, -0.2) is 4.99 Å². The Morgan fingerprint density at radius 3 is 2.39 bits per heavy atom. The van der Waals surface area contributed by atoms with Gasteiger partial charge in [-0.15, -0.1) is 56.8 Å². The Bertz CT molecular complexity index is 842. The molecule has 3 rings (SSSR count). The zero-order valence-electron chi connectivity index (χ0n) is 16.5. The molecule has 0 aliphatic rings. The molecule has 3 heterocycles. The molecule has 3 aromatic heterocycles. The Hall–Kier alpha value is -1.46.